The highest BCUT2D eigenvalue weighted by Crippen LogP contribution is 2.44. The van der Waals surface area contributed by atoms with Crippen LogP contribution in [0, 0.1) is 5.92 Å². The Bertz CT molecular complexity index is 1080. The fourth-order valence-electron chi connectivity index (χ4n) is 5.55. The molecule has 2 amide bonds. The SMILES string of the molecule is CN(C(=O)C(NC(=O)OCC1c2ccccc2-c2ccccc21)C1CCC1)C1(C(=O)O)CCC1. The third-order valence-electron chi connectivity index (χ3n) is 8.06. The van der Waals surface area contributed by atoms with E-state index in [4.69, 9.17) is 4.74 Å². The molecular formula is C27H30N2O5. The van der Waals surface area contributed by atoms with Gasteiger partial charge in [-0.1, -0.05) is 55.0 Å². The van der Waals surface area contributed by atoms with Gasteiger partial charge in [0, 0.05) is 13.0 Å². The number of carbonyl (C=O) groups excluding carboxylic acids is 2. The molecule has 7 nitrogen and oxygen atoms in total. The number of carboxylic acid groups (broad SMARTS) is 1. The standard InChI is InChI=1S/C27H30N2O5/c1-29(27(25(31)32)14-7-15-27)24(30)23(17-8-6-9-17)28-26(33)34-16-22-20-12-4-2-10-18(20)19-11-3-5-13-21(19)22/h2-5,10-13,17,22-23H,6-9,14-16H2,1H3,(H,28,33)(H,31,32). The molecule has 2 saturated carbocycles. The van der Waals surface area contributed by atoms with Crippen LogP contribution in [0.1, 0.15) is 55.6 Å². The molecule has 3 aliphatic carbocycles. The zero-order chi connectivity index (χ0) is 23.9. The van der Waals surface area contributed by atoms with Crippen LogP contribution in [0.3, 0.4) is 0 Å². The summed E-state index contributed by atoms with van der Waals surface area (Å²) in [6.45, 7) is 0.167. The highest BCUT2D eigenvalue weighted by molar-refractivity contribution is 5.92. The van der Waals surface area contributed by atoms with Crippen molar-refractivity contribution in [2.75, 3.05) is 13.7 Å². The zero-order valence-electron chi connectivity index (χ0n) is 19.3. The van der Waals surface area contributed by atoms with Crippen LogP contribution in [0.4, 0.5) is 4.79 Å². The molecule has 0 heterocycles. The molecule has 34 heavy (non-hydrogen) atoms. The fraction of sp³-hybridized carbons (Fsp3) is 0.444. The molecule has 0 radical (unpaired) electrons. The largest absolute Gasteiger partial charge is 0.479 e. The first-order valence-corrected chi connectivity index (χ1v) is 12.0. The van der Waals surface area contributed by atoms with Gasteiger partial charge in [-0.25, -0.2) is 9.59 Å². The molecule has 0 bridgehead atoms. The maximum absolute atomic E-state index is 13.3. The predicted molar refractivity (Wildman–Crippen MR) is 126 cm³/mol. The Hall–Kier alpha value is -3.35. The van der Waals surface area contributed by atoms with Crippen molar-refractivity contribution in [1.82, 2.24) is 10.2 Å². The molecule has 5 rings (SSSR count). The topological polar surface area (TPSA) is 95.9 Å². The average Bonchev–Trinajstić information content (AvgIpc) is 3.08. The number of carbonyl (C=O) groups is 3. The van der Waals surface area contributed by atoms with E-state index >= 15 is 0 Å². The summed E-state index contributed by atoms with van der Waals surface area (Å²) in [5.41, 5.74) is 3.38. The summed E-state index contributed by atoms with van der Waals surface area (Å²) in [5.74, 6) is -1.39. The van der Waals surface area contributed by atoms with Crippen molar-refractivity contribution >= 4 is 18.0 Å². The first-order chi connectivity index (χ1) is 16.4. The molecule has 2 aromatic rings. The summed E-state index contributed by atoms with van der Waals surface area (Å²) in [4.78, 5) is 39.4. The monoisotopic (exact) mass is 462 g/mol. The first-order valence-electron chi connectivity index (χ1n) is 12.0. The Balaban J connectivity index is 1.28. The summed E-state index contributed by atoms with van der Waals surface area (Å²) in [5, 5.41) is 12.5. The number of likely N-dealkylation sites (N-methyl/N-ethyl adjacent to an activating group) is 1. The van der Waals surface area contributed by atoms with Crippen molar-refractivity contribution in [2.24, 2.45) is 5.92 Å². The van der Waals surface area contributed by atoms with Gasteiger partial charge in [0.15, 0.2) is 0 Å². The molecule has 2 N–H and O–H groups in total. The van der Waals surface area contributed by atoms with Gasteiger partial charge in [0.1, 0.15) is 18.2 Å². The van der Waals surface area contributed by atoms with Gasteiger partial charge >= 0.3 is 12.1 Å². The average molecular weight is 463 g/mol. The van der Waals surface area contributed by atoms with Gasteiger partial charge < -0.3 is 20.1 Å². The Morgan fingerprint density at radius 2 is 1.62 bits per heavy atom. The van der Waals surface area contributed by atoms with E-state index in [1.54, 1.807) is 7.05 Å². The van der Waals surface area contributed by atoms with E-state index in [0.717, 1.165) is 47.9 Å². The molecule has 2 aromatic carbocycles. The lowest BCUT2D eigenvalue weighted by atomic mass is 9.74. The van der Waals surface area contributed by atoms with Gasteiger partial charge in [-0.15, -0.1) is 0 Å². The maximum atomic E-state index is 13.3. The van der Waals surface area contributed by atoms with Crippen LogP contribution in [0.5, 0.6) is 0 Å². The second-order valence-electron chi connectivity index (χ2n) is 9.73. The van der Waals surface area contributed by atoms with Crippen LogP contribution in [-0.2, 0) is 14.3 Å². The molecule has 0 aromatic heterocycles. The minimum absolute atomic E-state index is 0.00125. The van der Waals surface area contributed by atoms with Gasteiger partial charge in [0.2, 0.25) is 5.91 Å². The van der Waals surface area contributed by atoms with Crippen molar-refractivity contribution in [2.45, 2.75) is 56.0 Å². The molecule has 2 fully saturated rings. The second-order valence-corrected chi connectivity index (χ2v) is 9.73. The van der Waals surface area contributed by atoms with E-state index in [2.05, 4.69) is 29.6 Å². The number of amides is 2. The third kappa shape index (κ3) is 3.63. The number of nitrogens with one attached hydrogen (secondary N) is 1. The fourth-order valence-corrected chi connectivity index (χ4v) is 5.55. The molecule has 1 atom stereocenters. The number of fused-ring (bicyclic) bond motifs is 3. The Morgan fingerprint density at radius 3 is 2.09 bits per heavy atom. The Kier molecular flexibility index (Phi) is 5.80. The van der Waals surface area contributed by atoms with Crippen molar-refractivity contribution in [3.05, 3.63) is 59.7 Å². The summed E-state index contributed by atoms with van der Waals surface area (Å²) >= 11 is 0. The van der Waals surface area contributed by atoms with Crippen LogP contribution >= 0.6 is 0 Å². The van der Waals surface area contributed by atoms with Crippen LogP contribution in [0.2, 0.25) is 0 Å². The van der Waals surface area contributed by atoms with Crippen LogP contribution in [-0.4, -0.2) is 53.2 Å². The normalized spacial score (nSPS) is 19.1. The number of hydrogen-bond donors (Lipinski definition) is 2. The highest BCUT2D eigenvalue weighted by atomic mass is 16.5. The lowest BCUT2D eigenvalue weighted by Gasteiger charge is -2.47. The number of hydrogen-bond acceptors (Lipinski definition) is 4. The van der Waals surface area contributed by atoms with Gasteiger partial charge in [-0.2, -0.15) is 0 Å². The Labute approximate surface area is 199 Å². The van der Waals surface area contributed by atoms with Crippen LogP contribution in [0.25, 0.3) is 11.1 Å². The van der Waals surface area contributed by atoms with Gasteiger partial charge in [-0.05, 0) is 60.3 Å². The summed E-state index contributed by atoms with van der Waals surface area (Å²) < 4.78 is 5.66. The number of nitrogens with zero attached hydrogens (tertiary/aromatic N) is 1. The summed E-state index contributed by atoms with van der Waals surface area (Å²) in [6.07, 6.45) is 3.66. The third-order valence-corrected chi connectivity index (χ3v) is 8.06. The van der Waals surface area contributed by atoms with E-state index in [1.165, 1.54) is 4.90 Å². The number of aliphatic carboxylic acids is 1. The van der Waals surface area contributed by atoms with Crippen LogP contribution < -0.4 is 5.32 Å². The molecule has 3 aliphatic rings. The molecule has 1 unspecified atom stereocenters. The van der Waals surface area contributed by atoms with Crippen molar-refractivity contribution in [3.8, 4) is 11.1 Å². The molecule has 7 heteroatoms. The first kappa shape index (κ1) is 22.4. The summed E-state index contributed by atoms with van der Waals surface area (Å²) in [6, 6.07) is 15.5. The van der Waals surface area contributed by atoms with E-state index in [9.17, 15) is 19.5 Å². The number of alkyl carbamates (subject to hydrolysis) is 1. The van der Waals surface area contributed by atoms with Crippen molar-refractivity contribution in [3.63, 3.8) is 0 Å². The Morgan fingerprint density at radius 1 is 1.03 bits per heavy atom. The van der Waals surface area contributed by atoms with E-state index < -0.39 is 23.6 Å². The lowest BCUT2D eigenvalue weighted by molar-refractivity contribution is -0.165. The second kappa shape index (κ2) is 8.78. The molecule has 0 spiro atoms. The molecule has 0 saturated heterocycles. The zero-order valence-corrected chi connectivity index (χ0v) is 19.3. The van der Waals surface area contributed by atoms with E-state index in [-0.39, 0.29) is 24.3 Å². The van der Waals surface area contributed by atoms with Crippen molar-refractivity contribution in [1.29, 1.82) is 0 Å². The molecule has 0 aliphatic heterocycles. The van der Waals surface area contributed by atoms with E-state index in [1.807, 2.05) is 24.3 Å². The lowest BCUT2D eigenvalue weighted by Crippen LogP contribution is -2.64. The number of ether oxygens (including phenoxy) is 1. The van der Waals surface area contributed by atoms with Gasteiger partial charge in [-0.3, -0.25) is 4.79 Å². The van der Waals surface area contributed by atoms with E-state index in [0.29, 0.717) is 12.8 Å². The number of benzene rings is 2. The number of carboxylic acids is 1. The van der Waals surface area contributed by atoms with Gasteiger partial charge in [0.25, 0.3) is 0 Å². The maximum Gasteiger partial charge on any atom is 0.407 e. The van der Waals surface area contributed by atoms with Crippen LogP contribution in [0.15, 0.2) is 48.5 Å². The molecule has 178 valence electrons. The van der Waals surface area contributed by atoms with Crippen molar-refractivity contribution < 1.29 is 24.2 Å². The number of rotatable bonds is 7. The minimum Gasteiger partial charge on any atom is -0.479 e. The quantitative estimate of drug-likeness (QED) is 0.644. The smallest absolute Gasteiger partial charge is 0.407 e. The minimum atomic E-state index is -1.16. The molecular weight excluding hydrogens is 432 g/mol. The predicted octanol–water partition coefficient (Wildman–Crippen LogP) is 4.16. The van der Waals surface area contributed by atoms with Gasteiger partial charge in [0.05, 0.1) is 0 Å². The summed E-state index contributed by atoms with van der Waals surface area (Å²) in [7, 11) is 1.54. The highest BCUT2D eigenvalue weighted by Gasteiger charge is 2.52.